The summed E-state index contributed by atoms with van der Waals surface area (Å²) in [4.78, 5) is 43.2. The van der Waals surface area contributed by atoms with Crippen LogP contribution in [0.15, 0.2) is 24.3 Å². The first kappa shape index (κ1) is 24.2. The zero-order chi connectivity index (χ0) is 23.1. The van der Waals surface area contributed by atoms with Crippen LogP contribution in [-0.2, 0) is 29.3 Å². The number of amides is 3. The van der Waals surface area contributed by atoms with Gasteiger partial charge in [0.25, 0.3) is 0 Å². The number of benzene rings is 1. The Bertz CT molecular complexity index is 828. The number of piperidine rings is 1. The third-order valence-electron chi connectivity index (χ3n) is 6.61. The molecule has 0 bridgehead atoms. The molecule has 32 heavy (non-hydrogen) atoms. The maximum atomic E-state index is 13.6. The van der Waals surface area contributed by atoms with E-state index in [1.54, 1.807) is 38.5 Å². The van der Waals surface area contributed by atoms with Crippen molar-refractivity contribution in [1.82, 2.24) is 9.80 Å². The Hall–Kier alpha value is -2.45. The van der Waals surface area contributed by atoms with Crippen LogP contribution in [0.4, 0.5) is 0 Å². The molecule has 2 atom stereocenters. The molecule has 0 spiro atoms. The highest BCUT2D eigenvalue weighted by molar-refractivity contribution is 6.10. The van der Waals surface area contributed by atoms with Gasteiger partial charge in [-0.25, -0.2) is 0 Å². The minimum Gasteiger partial charge on any atom is -0.497 e. The molecule has 0 N–H and O–H groups in total. The Morgan fingerprint density at radius 2 is 1.91 bits per heavy atom. The summed E-state index contributed by atoms with van der Waals surface area (Å²) in [5.41, 5.74) is -0.603. The molecule has 0 aliphatic carbocycles. The zero-order valence-corrected chi connectivity index (χ0v) is 19.3. The van der Waals surface area contributed by atoms with Crippen molar-refractivity contribution >= 4 is 17.7 Å². The molecule has 1 aromatic carbocycles. The van der Waals surface area contributed by atoms with Crippen LogP contribution in [-0.4, -0.2) is 81.2 Å². The van der Waals surface area contributed by atoms with Crippen molar-refractivity contribution in [2.24, 2.45) is 0 Å². The molecule has 2 fully saturated rings. The van der Waals surface area contributed by atoms with E-state index in [1.165, 1.54) is 12.0 Å². The van der Waals surface area contributed by atoms with E-state index in [2.05, 4.69) is 0 Å². The monoisotopic (exact) mass is 446 g/mol. The van der Waals surface area contributed by atoms with Crippen molar-refractivity contribution in [3.8, 4) is 5.75 Å². The van der Waals surface area contributed by atoms with E-state index >= 15 is 0 Å². The van der Waals surface area contributed by atoms with Crippen LogP contribution >= 0.6 is 0 Å². The fraction of sp³-hybridized carbons (Fsp3) is 0.625. The summed E-state index contributed by atoms with van der Waals surface area (Å²) in [6, 6.07) is 7.23. The van der Waals surface area contributed by atoms with Gasteiger partial charge in [-0.05, 0) is 43.4 Å². The van der Waals surface area contributed by atoms with Crippen molar-refractivity contribution < 1.29 is 28.6 Å². The Kier molecular flexibility index (Phi) is 8.26. The normalized spacial score (nSPS) is 23.7. The van der Waals surface area contributed by atoms with E-state index in [9.17, 15) is 14.4 Å². The van der Waals surface area contributed by atoms with Gasteiger partial charge in [-0.15, -0.1) is 0 Å². The van der Waals surface area contributed by atoms with E-state index in [0.29, 0.717) is 24.5 Å². The van der Waals surface area contributed by atoms with Gasteiger partial charge < -0.3 is 19.1 Å². The first-order chi connectivity index (χ1) is 15.5. The quantitative estimate of drug-likeness (QED) is 0.512. The van der Waals surface area contributed by atoms with Gasteiger partial charge in [0.15, 0.2) is 0 Å². The van der Waals surface area contributed by atoms with Crippen LogP contribution < -0.4 is 4.74 Å². The first-order valence-corrected chi connectivity index (χ1v) is 11.2. The zero-order valence-electron chi connectivity index (χ0n) is 19.3. The number of hydrogen-bond donors (Lipinski definition) is 0. The van der Waals surface area contributed by atoms with E-state index in [1.807, 2.05) is 4.90 Å². The smallest absolute Gasteiger partial charge is 0.240 e. The fourth-order valence-corrected chi connectivity index (χ4v) is 4.84. The number of hydrogen-bond acceptors (Lipinski definition) is 6. The molecular formula is C24H34N2O6. The highest BCUT2D eigenvalue weighted by Crippen LogP contribution is 2.42. The van der Waals surface area contributed by atoms with Crippen LogP contribution in [0.3, 0.4) is 0 Å². The van der Waals surface area contributed by atoms with E-state index in [-0.39, 0.29) is 49.8 Å². The van der Waals surface area contributed by atoms with Crippen molar-refractivity contribution in [2.75, 3.05) is 47.6 Å². The topological polar surface area (TPSA) is 85.4 Å². The molecule has 8 heteroatoms. The molecule has 3 amide bonds. The molecule has 0 radical (unpaired) electrons. The Morgan fingerprint density at radius 1 is 1.12 bits per heavy atom. The van der Waals surface area contributed by atoms with Crippen molar-refractivity contribution in [1.29, 1.82) is 0 Å². The van der Waals surface area contributed by atoms with Crippen molar-refractivity contribution in [3.63, 3.8) is 0 Å². The average Bonchev–Trinajstić information content (AvgIpc) is 3.06. The maximum absolute atomic E-state index is 13.6. The number of imide groups is 1. The van der Waals surface area contributed by atoms with Gasteiger partial charge in [-0.3, -0.25) is 19.3 Å². The molecule has 1 aromatic rings. The number of carbonyl (C=O) groups excluding carboxylic acids is 3. The SMILES string of the molecule is COCC[C@H]1CCCCN1C(=O)C[C@]1(c2cccc(OC)c2)CC(=O)N(CCOC)C1=O. The largest absolute Gasteiger partial charge is 0.497 e. The summed E-state index contributed by atoms with van der Waals surface area (Å²) in [5.74, 6) is -0.131. The molecule has 0 unspecified atom stereocenters. The third-order valence-corrected chi connectivity index (χ3v) is 6.61. The van der Waals surface area contributed by atoms with E-state index in [4.69, 9.17) is 14.2 Å². The number of likely N-dealkylation sites (tertiary alicyclic amines) is 2. The minimum atomic E-state index is -1.24. The molecule has 176 valence electrons. The second-order valence-electron chi connectivity index (χ2n) is 8.53. The highest BCUT2D eigenvalue weighted by Gasteiger charge is 2.54. The summed E-state index contributed by atoms with van der Waals surface area (Å²) in [6.07, 6.45) is 3.62. The molecule has 2 heterocycles. The lowest BCUT2D eigenvalue weighted by atomic mass is 9.75. The van der Waals surface area contributed by atoms with Crippen molar-refractivity contribution in [3.05, 3.63) is 29.8 Å². The maximum Gasteiger partial charge on any atom is 0.240 e. The molecule has 0 aromatic heterocycles. The second kappa shape index (κ2) is 10.9. The molecular weight excluding hydrogens is 412 g/mol. The number of ether oxygens (including phenoxy) is 3. The molecule has 0 saturated carbocycles. The summed E-state index contributed by atoms with van der Waals surface area (Å²) in [5, 5.41) is 0. The summed E-state index contributed by atoms with van der Waals surface area (Å²) in [7, 11) is 4.74. The number of carbonyl (C=O) groups is 3. The lowest BCUT2D eigenvalue weighted by molar-refractivity contribution is -0.144. The summed E-state index contributed by atoms with van der Waals surface area (Å²) < 4.78 is 15.7. The summed E-state index contributed by atoms with van der Waals surface area (Å²) in [6.45, 7) is 1.67. The molecule has 8 nitrogen and oxygen atoms in total. The van der Waals surface area contributed by atoms with Crippen LogP contribution in [0, 0.1) is 0 Å². The van der Waals surface area contributed by atoms with Crippen molar-refractivity contribution in [2.45, 2.75) is 50.0 Å². The molecule has 2 aliphatic rings. The molecule has 2 saturated heterocycles. The number of nitrogens with zero attached hydrogens (tertiary/aromatic N) is 2. The average molecular weight is 447 g/mol. The fourth-order valence-electron chi connectivity index (χ4n) is 4.84. The van der Waals surface area contributed by atoms with Crippen LogP contribution in [0.25, 0.3) is 0 Å². The van der Waals surface area contributed by atoms with E-state index in [0.717, 1.165) is 25.7 Å². The predicted octanol–water partition coefficient (Wildman–Crippen LogP) is 2.15. The van der Waals surface area contributed by atoms with Gasteiger partial charge in [0.05, 0.1) is 25.7 Å². The number of methoxy groups -OCH3 is 3. The standard InChI is InChI=1S/C24H34N2O6/c1-30-13-10-19-8-4-5-11-25(19)21(27)16-24(18-7-6-9-20(15-18)32-3)17-22(28)26(23(24)29)12-14-31-2/h6-7,9,15,19H,4-5,8,10-14,16-17H2,1-3H3/t19-,24-/m1/s1. The van der Waals surface area contributed by atoms with Crippen LogP contribution in [0.1, 0.15) is 44.1 Å². The van der Waals surface area contributed by atoms with Gasteiger partial charge in [0.1, 0.15) is 5.75 Å². The lowest BCUT2D eigenvalue weighted by Crippen LogP contribution is -2.48. The molecule has 3 rings (SSSR count). The van der Waals surface area contributed by atoms with Crippen LogP contribution in [0.5, 0.6) is 5.75 Å². The number of rotatable bonds is 10. The van der Waals surface area contributed by atoms with E-state index < -0.39 is 5.41 Å². The van der Waals surface area contributed by atoms with Gasteiger partial charge in [0, 0.05) is 46.3 Å². The van der Waals surface area contributed by atoms with Gasteiger partial charge in [-0.2, -0.15) is 0 Å². The first-order valence-electron chi connectivity index (χ1n) is 11.2. The highest BCUT2D eigenvalue weighted by atomic mass is 16.5. The summed E-state index contributed by atoms with van der Waals surface area (Å²) >= 11 is 0. The Balaban J connectivity index is 1.93. The lowest BCUT2D eigenvalue weighted by Gasteiger charge is -2.38. The minimum absolute atomic E-state index is 0.0367. The van der Waals surface area contributed by atoms with Gasteiger partial charge >= 0.3 is 0 Å². The second-order valence-corrected chi connectivity index (χ2v) is 8.53. The Labute approximate surface area is 189 Å². The third kappa shape index (κ3) is 4.96. The van der Waals surface area contributed by atoms with Crippen LogP contribution in [0.2, 0.25) is 0 Å². The predicted molar refractivity (Wildman–Crippen MR) is 118 cm³/mol. The molecule has 2 aliphatic heterocycles. The van der Waals surface area contributed by atoms with Gasteiger partial charge in [0.2, 0.25) is 17.7 Å². The Morgan fingerprint density at radius 3 is 2.62 bits per heavy atom. The van der Waals surface area contributed by atoms with Gasteiger partial charge in [-0.1, -0.05) is 12.1 Å².